The summed E-state index contributed by atoms with van der Waals surface area (Å²) in [5, 5.41) is 15.7. The molecule has 3 aromatic rings. The number of carbonyl (C=O) groups is 1. The lowest BCUT2D eigenvalue weighted by atomic mass is 10.2. The van der Waals surface area contributed by atoms with Gasteiger partial charge in [-0.2, -0.15) is 13.8 Å². The van der Waals surface area contributed by atoms with Crippen LogP contribution >= 0.6 is 23.2 Å². The molecule has 0 aliphatic rings. The van der Waals surface area contributed by atoms with Gasteiger partial charge in [0.2, 0.25) is 5.82 Å². The molecule has 0 aliphatic carbocycles. The van der Waals surface area contributed by atoms with Crippen LogP contribution in [0.15, 0.2) is 40.9 Å². The SMILES string of the molecule is O=C(NCc1cccc(OC(F)F)c1)c1nc(-c2cc(Cl)c(O)c(Cl)c2)no1. The Morgan fingerprint density at radius 1 is 1.25 bits per heavy atom. The van der Waals surface area contributed by atoms with Crippen molar-refractivity contribution in [3.8, 4) is 22.9 Å². The summed E-state index contributed by atoms with van der Waals surface area (Å²) in [6.07, 6.45) is 0. The van der Waals surface area contributed by atoms with Gasteiger partial charge in [-0.25, -0.2) is 0 Å². The summed E-state index contributed by atoms with van der Waals surface area (Å²) in [6, 6.07) is 8.61. The number of alkyl halides is 2. The van der Waals surface area contributed by atoms with Crippen molar-refractivity contribution in [2.45, 2.75) is 13.2 Å². The number of nitrogens with one attached hydrogen (secondary N) is 1. The molecule has 0 spiro atoms. The van der Waals surface area contributed by atoms with Crippen molar-refractivity contribution in [1.82, 2.24) is 15.5 Å². The van der Waals surface area contributed by atoms with Crippen molar-refractivity contribution in [2.24, 2.45) is 0 Å². The largest absolute Gasteiger partial charge is 0.505 e. The van der Waals surface area contributed by atoms with Crippen LogP contribution in [0.5, 0.6) is 11.5 Å². The molecule has 0 bridgehead atoms. The molecule has 7 nitrogen and oxygen atoms in total. The molecule has 28 heavy (non-hydrogen) atoms. The normalized spacial score (nSPS) is 10.9. The second-order valence-corrected chi connectivity index (χ2v) is 6.23. The Morgan fingerprint density at radius 2 is 1.96 bits per heavy atom. The Kier molecular flexibility index (Phi) is 5.96. The minimum absolute atomic E-state index is 0.0100. The predicted octanol–water partition coefficient (Wildman–Crippen LogP) is 4.28. The van der Waals surface area contributed by atoms with E-state index in [1.165, 1.54) is 30.3 Å². The number of ether oxygens (including phenoxy) is 1. The van der Waals surface area contributed by atoms with Crippen LogP contribution in [0.3, 0.4) is 0 Å². The van der Waals surface area contributed by atoms with Gasteiger partial charge in [0, 0.05) is 12.1 Å². The quantitative estimate of drug-likeness (QED) is 0.606. The Morgan fingerprint density at radius 3 is 2.64 bits per heavy atom. The zero-order valence-corrected chi connectivity index (χ0v) is 15.3. The molecule has 0 fully saturated rings. The highest BCUT2D eigenvalue weighted by Gasteiger charge is 2.18. The van der Waals surface area contributed by atoms with Gasteiger partial charge in [-0.05, 0) is 29.8 Å². The first-order chi connectivity index (χ1) is 13.3. The number of phenolic OH excluding ortho intramolecular Hbond substituents is 1. The number of carbonyl (C=O) groups excluding carboxylic acids is 1. The van der Waals surface area contributed by atoms with E-state index in [-0.39, 0.29) is 39.8 Å². The van der Waals surface area contributed by atoms with Gasteiger partial charge < -0.3 is 19.7 Å². The molecule has 1 aromatic heterocycles. The number of amides is 1. The molecule has 146 valence electrons. The molecule has 0 saturated carbocycles. The zero-order chi connectivity index (χ0) is 20.3. The maximum atomic E-state index is 12.3. The van der Waals surface area contributed by atoms with E-state index >= 15 is 0 Å². The molecule has 3 rings (SSSR count). The average molecular weight is 430 g/mol. The fourth-order valence-electron chi connectivity index (χ4n) is 2.22. The molecule has 11 heteroatoms. The van der Waals surface area contributed by atoms with Gasteiger partial charge in [-0.15, -0.1) is 0 Å². The van der Waals surface area contributed by atoms with Gasteiger partial charge in [-0.3, -0.25) is 4.79 Å². The monoisotopic (exact) mass is 429 g/mol. The van der Waals surface area contributed by atoms with E-state index < -0.39 is 12.5 Å². The van der Waals surface area contributed by atoms with Crippen LogP contribution in [-0.4, -0.2) is 27.8 Å². The van der Waals surface area contributed by atoms with Crippen molar-refractivity contribution in [3.05, 3.63) is 57.9 Å². The number of nitrogens with zero attached hydrogens (tertiary/aromatic N) is 2. The van der Waals surface area contributed by atoms with Crippen LogP contribution in [-0.2, 0) is 6.54 Å². The Bertz CT molecular complexity index is 991. The lowest BCUT2D eigenvalue weighted by Crippen LogP contribution is -2.23. The first-order valence-electron chi connectivity index (χ1n) is 7.67. The zero-order valence-electron chi connectivity index (χ0n) is 13.8. The molecule has 0 atom stereocenters. The molecule has 2 aromatic carbocycles. The highest BCUT2D eigenvalue weighted by atomic mass is 35.5. The lowest BCUT2D eigenvalue weighted by molar-refractivity contribution is -0.0498. The lowest BCUT2D eigenvalue weighted by Gasteiger charge is -2.07. The fourth-order valence-corrected chi connectivity index (χ4v) is 2.70. The van der Waals surface area contributed by atoms with Crippen molar-refractivity contribution in [3.63, 3.8) is 0 Å². The smallest absolute Gasteiger partial charge is 0.387 e. The third-order valence-electron chi connectivity index (χ3n) is 3.47. The van der Waals surface area contributed by atoms with Crippen LogP contribution in [0.25, 0.3) is 11.4 Å². The number of aromatic hydroxyl groups is 1. The number of aromatic nitrogens is 2. The van der Waals surface area contributed by atoms with Gasteiger partial charge in [-0.1, -0.05) is 40.5 Å². The minimum Gasteiger partial charge on any atom is -0.505 e. The van der Waals surface area contributed by atoms with Crippen molar-refractivity contribution in [2.75, 3.05) is 0 Å². The first kappa shape index (κ1) is 19.8. The summed E-state index contributed by atoms with van der Waals surface area (Å²) in [5.74, 6) is -1.26. The van der Waals surface area contributed by atoms with Gasteiger partial charge >= 0.3 is 18.4 Å². The van der Waals surface area contributed by atoms with E-state index in [4.69, 9.17) is 27.7 Å². The third kappa shape index (κ3) is 4.68. The number of hydrogen-bond donors (Lipinski definition) is 2. The summed E-state index contributed by atoms with van der Waals surface area (Å²) in [6.45, 7) is -2.92. The van der Waals surface area contributed by atoms with Gasteiger partial charge in [0.25, 0.3) is 0 Å². The van der Waals surface area contributed by atoms with E-state index in [0.29, 0.717) is 11.1 Å². The second-order valence-electron chi connectivity index (χ2n) is 5.42. The van der Waals surface area contributed by atoms with Crippen molar-refractivity contribution in [1.29, 1.82) is 0 Å². The van der Waals surface area contributed by atoms with Gasteiger partial charge in [0.15, 0.2) is 5.75 Å². The molecule has 1 amide bonds. The molecular weight excluding hydrogens is 419 g/mol. The minimum atomic E-state index is -2.94. The number of rotatable bonds is 6. The third-order valence-corrected chi connectivity index (χ3v) is 4.05. The summed E-state index contributed by atoms with van der Waals surface area (Å²) < 4.78 is 33.7. The summed E-state index contributed by atoms with van der Waals surface area (Å²) in [7, 11) is 0. The van der Waals surface area contributed by atoms with E-state index in [1.54, 1.807) is 6.07 Å². The molecule has 0 unspecified atom stereocenters. The molecule has 0 radical (unpaired) electrons. The average Bonchev–Trinajstić information content (AvgIpc) is 3.14. The topological polar surface area (TPSA) is 97.5 Å². The Balaban J connectivity index is 1.68. The molecule has 0 saturated heterocycles. The Hall–Kier alpha value is -2.91. The first-order valence-corrected chi connectivity index (χ1v) is 8.43. The van der Waals surface area contributed by atoms with Crippen LogP contribution < -0.4 is 10.1 Å². The van der Waals surface area contributed by atoms with Crippen LogP contribution in [0.1, 0.15) is 16.2 Å². The van der Waals surface area contributed by atoms with E-state index in [9.17, 15) is 18.7 Å². The van der Waals surface area contributed by atoms with Gasteiger partial charge in [0.05, 0.1) is 10.0 Å². The van der Waals surface area contributed by atoms with E-state index in [0.717, 1.165) is 0 Å². The number of phenols is 1. The number of hydrogen-bond acceptors (Lipinski definition) is 6. The van der Waals surface area contributed by atoms with E-state index in [2.05, 4.69) is 20.2 Å². The van der Waals surface area contributed by atoms with Crippen LogP contribution in [0.2, 0.25) is 10.0 Å². The van der Waals surface area contributed by atoms with Crippen LogP contribution in [0, 0.1) is 0 Å². The summed E-state index contributed by atoms with van der Waals surface area (Å²) >= 11 is 11.7. The number of halogens is 4. The summed E-state index contributed by atoms with van der Waals surface area (Å²) in [4.78, 5) is 16.1. The van der Waals surface area contributed by atoms with Gasteiger partial charge in [0.1, 0.15) is 5.75 Å². The molecule has 1 heterocycles. The highest BCUT2D eigenvalue weighted by Crippen LogP contribution is 2.35. The molecule has 0 aliphatic heterocycles. The van der Waals surface area contributed by atoms with Crippen molar-refractivity contribution >= 4 is 29.1 Å². The molecular formula is C17H11Cl2F2N3O4. The number of benzene rings is 2. The maximum absolute atomic E-state index is 12.3. The van der Waals surface area contributed by atoms with Crippen LogP contribution in [0.4, 0.5) is 8.78 Å². The fraction of sp³-hybridized carbons (Fsp3) is 0.118. The second kappa shape index (κ2) is 8.41. The standard InChI is InChI=1S/C17H11Cl2F2N3O4/c18-11-5-9(6-12(19)13(11)25)14-23-16(28-24-14)15(26)22-7-8-2-1-3-10(4-8)27-17(20)21/h1-6,17,25H,7H2,(H,22,26). The highest BCUT2D eigenvalue weighted by molar-refractivity contribution is 6.37. The Labute approximate surface area is 166 Å². The van der Waals surface area contributed by atoms with Crippen molar-refractivity contribution < 1.29 is 27.9 Å². The summed E-state index contributed by atoms with van der Waals surface area (Å²) in [5.41, 5.74) is 0.871. The molecule has 2 N–H and O–H groups in total. The maximum Gasteiger partial charge on any atom is 0.387 e. The van der Waals surface area contributed by atoms with E-state index in [1.807, 2.05) is 0 Å². The predicted molar refractivity (Wildman–Crippen MR) is 95.7 cm³/mol.